The van der Waals surface area contributed by atoms with Crippen LogP contribution in [0.4, 0.5) is 4.39 Å². The van der Waals surface area contributed by atoms with E-state index in [4.69, 9.17) is 0 Å². The van der Waals surface area contributed by atoms with Gasteiger partial charge in [0.05, 0.1) is 0 Å². The van der Waals surface area contributed by atoms with Crippen LogP contribution in [0.2, 0.25) is 0 Å². The van der Waals surface area contributed by atoms with Crippen LogP contribution in [0.5, 0.6) is 0 Å². The van der Waals surface area contributed by atoms with Gasteiger partial charge < -0.3 is 5.32 Å². The summed E-state index contributed by atoms with van der Waals surface area (Å²) in [5.41, 5.74) is 1.20. The molecule has 3 atom stereocenters. The lowest BCUT2D eigenvalue weighted by Gasteiger charge is -2.20. The van der Waals surface area contributed by atoms with Crippen molar-refractivity contribution in [2.75, 3.05) is 6.54 Å². The highest BCUT2D eigenvalue weighted by atomic mass is 19.1. The molecule has 1 aliphatic rings. The summed E-state index contributed by atoms with van der Waals surface area (Å²) in [6.07, 6.45) is 5.12. The lowest BCUT2D eigenvalue weighted by molar-refractivity contribution is 0.371. The fourth-order valence-electron chi connectivity index (χ4n) is 2.92. The van der Waals surface area contributed by atoms with E-state index in [0.29, 0.717) is 6.04 Å². The molecule has 1 aromatic rings. The van der Waals surface area contributed by atoms with Crippen molar-refractivity contribution in [3.05, 3.63) is 35.6 Å². The zero-order valence-electron chi connectivity index (χ0n) is 11.5. The van der Waals surface area contributed by atoms with Gasteiger partial charge in [0.15, 0.2) is 0 Å². The monoisotopic (exact) mass is 249 g/mol. The molecule has 1 nitrogen and oxygen atoms in total. The topological polar surface area (TPSA) is 12.0 Å². The van der Waals surface area contributed by atoms with Crippen LogP contribution in [0.3, 0.4) is 0 Å². The van der Waals surface area contributed by atoms with E-state index in [0.717, 1.165) is 24.8 Å². The van der Waals surface area contributed by atoms with Gasteiger partial charge in [-0.2, -0.15) is 0 Å². The van der Waals surface area contributed by atoms with Crippen molar-refractivity contribution in [1.29, 1.82) is 0 Å². The largest absolute Gasteiger partial charge is 0.314 e. The first-order valence-corrected chi connectivity index (χ1v) is 7.13. The van der Waals surface area contributed by atoms with Crippen LogP contribution in [0.1, 0.15) is 38.7 Å². The minimum atomic E-state index is -0.154. The molecular formula is C16H24FN. The van der Waals surface area contributed by atoms with Crippen LogP contribution in [0.25, 0.3) is 0 Å². The second kappa shape index (κ2) is 6.33. The maximum Gasteiger partial charge on any atom is 0.123 e. The maximum absolute atomic E-state index is 12.8. The number of hydrogen-bond donors (Lipinski definition) is 1. The van der Waals surface area contributed by atoms with E-state index in [1.54, 1.807) is 12.1 Å². The highest BCUT2D eigenvalue weighted by Gasteiger charge is 2.23. The van der Waals surface area contributed by atoms with Gasteiger partial charge >= 0.3 is 0 Å². The Morgan fingerprint density at radius 1 is 1.28 bits per heavy atom. The maximum atomic E-state index is 12.8. The van der Waals surface area contributed by atoms with Gasteiger partial charge in [0, 0.05) is 6.04 Å². The lowest BCUT2D eigenvalue weighted by Crippen LogP contribution is -2.33. The zero-order chi connectivity index (χ0) is 13.0. The fourth-order valence-corrected chi connectivity index (χ4v) is 2.92. The smallest absolute Gasteiger partial charge is 0.123 e. The summed E-state index contributed by atoms with van der Waals surface area (Å²) in [4.78, 5) is 0. The molecule has 0 heterocycles. The second-order valence-electron chi connectivity index (χ2n) is 5.81. The van der Waals surface area contributed by atoms with Crippen LogP contribution in [0, 0.1) is 17.7 Å². The first-order valence-electron chi connectivity index (χ1n) is 7.13. The molecule has 0 aromatic heterocycles. The van der Waals surface area contributed by atoms with Crippen molar-refractivity contribution in [2.24, 2.45) is 11.8 Å². The lowest BCUT2D eigenvalue weighted by atomic mass is 9.97. The van der Waals surface area contributed by atoms with Crippen LogP contribution in [0.15, 0.2) is 24.3 Å². The van der Waals surface area contributed by atoms with Gasteiger partial charge in [-0.15, -0.1) is 0 Å². The van der Waals surface area contributed by atoms with Gasteiger partial charge in [-0.05, 0) is 55.8 Å². The predicted octanol–water partition coefficient (Wildman–Crippen LogP) is 3.78. The molecule has 2 heteroatoms. The average molecular weight is 249 g/mol. The van der Waals surface area contributed by atoms with Crippen LogP contribution < -0.4 is 5.32 Å². The molecule has 1 fully saturated rings. The highest BCUT2D eigenvalue weighted by molar-refractivity contribution is 5.16. The molecule has 0 radical (unpaired) electrons. The Hall–Kier alpha value is -0.890. The summed E-state index contributed by atoms with van der Waals surface area (Å²) in [6.45, 7) is 5.70. The summed E-state index contributed by atoms with van der Waals surface area (Å²) >= 11 is 0. The molecule has 1 N–H and O–H groups in total. The molecule has 1 saturated carbocycles. The van der Waals surface area contributed by atoms with Crippen molar-refractivity contribution >= 4 is 0 Å². The van der Waals surface area contributed by atoms with Crippen LogP contribution in [-0.2, 0) is 6.42 Å². The van der Waals surface area contributed by atoms with E-state index in [9.17, 15) is 4.39 Å². The minimum Gasteiger partial charge on any atom is -0.314 e. The van der Waals surface area contributed by atoms with E-state index in [-0.39, 0.29) is 5.82 Å². The third-order valence-electron chi connectivity index (χ3n) is 4.22. The quantitative estimate of drug-likeness (QED) is 0.837. The van der Waals surface area contributed by atoms with Gasteiger partial charge in [-0.25, -0.2) is 4.39 Å². The summed E-state index contributed by atoms with van der Waals surface area (Å²) in [7, 11) is 0. The van der Waals surface area contributed by atoms with Crippen molar-refractivity contribution in [3.63, 3.8) is 0 Å². The van der Waals surface area contributed by atoms with Crippen molar-refractivity contribution < 1.29 is 4.39 Å². The molecule has 1 aliphatic carbocycles. The molecule has 18 heavy (non-hydrogen) atoms. The van der Waals surface area contributed by atoms with E-state index in [1.165, 1.54) is 24.8 Å². The van der Waals surface area contributed by atoms with E-state index >= 15 is 0 Å². The van der Waals surface area contributed by atoms with Crippen molar-refractivity contribution in [2.45, 2.75) is 45.6 Å². The number of benzene rings is 1. The zero-order valence-corrected chi connectivity index (χ0v) is 11.5. The van der Waals surface area contributed by atoms with Gasteiger partial charge in [0.25, 0.3) is 0 Å². The van der Waals surface area contributed by atoms with E-state index in [2.05, 4.69) is 19.2 Å². The van der Waals surface area contributed by atoms with Crippen molar-refractivity contribution in [3.8, 4) is 0 Å². The highest BCUT2D eigenvalue weighted by Crippen LogP contribution is 2.30. The molecule has 100 valence electrons. The SMILES string of the molecule is CC(Cc1ccc(F)cc1)NCC1CCCC1C. The van der Waals surface area contributed by atoms with E-state index < -0.39 is 0 Å². The molecule has 0 bridgehead atoms. The summed E-state index contributed by atoms with van der Waals surface area (Å²) < 4.78 is 12.8. The number of halogens is 1. The Morgan fingerprint density at radius 3 is 2.61 bits per heavy atom. The Labute approximate surface area is 110 Å². The molecule has 1 aromatic carbocycles. The summed E-state index contributed by atoms with van der Waals surface area (Å²) in [5, 5.41) is 3.62. The average Bonchev–Trinajstić information content (AvgIpc) is 2.75. The van der Waals surface area contributed by atoms with Gasteiger partial charge in [0.2, 0.25) is 0 Å². The summed E-state index contributed by atoms with van der Waals surface area (Å²) in [6, 6.07) is 7.31. The Balaban J connectivity index is 1.74. The molecule has 0 spiro atoms. The number of hydrogen-bond acceptors (Lipinski definition) is 1. The molecule has 3 unspecified atom stereocenters. The molecular weight excluding hydrogens is 225 g/mol. The van der Waals surface area contributed by atoms with Gasteiger partial charge in [0.1, 0.15) is 5.82 Å². The standard InChI is InChI=1S/C16H24FN/c1-12-4-3-5-15(12)11-18-13(2)10-14-6-8-16(17)9-7-14/h6-9,12-13,15,18H,3-5,10-11H2,1-2H3. The Kier molecular flexibility index (Phi) is 4.76. The molecule has 0 aliphatic heterocycles. The predicted molar refractivity (Wildman–Crippen MR) is 74.1 cm³/mol. The summed E-state index contributed by atoms with van der Waals surface area (Å²) in [5.74, 6) is 1.57. The van der Waals surface area contributed by atoms with Gasteiger partial charge in [-0.3, -0.25) is 0 Å². The first kappa shape index (κ1) is 13.5. The third kappa shape index (κ3) is 3.81. The molecule has 0 saturated heterocycles. The molecule has 2 rings (SSSR count). The number of nitrogens with one attached hydrogen (secondary N) is 1. The number of rotatable bonds is 5. The third-order valence-corrected chi connectivity index (χ3v) is 4.22. The molecule has 0 amide bonds. The van der Waals surface area contributed by atoms with Crippen molar-refractivity contribution in [1.82, 2.24) is 5.32 Å². The fraction of sp³-hybridized carbons (Fsp3) is 0.625. The van der Waals surface area contributed by atoms with E-state index in [1.807, 2.05) is 12.1 Å². The normalized spacial score (nSPS) is 25.3. The second-order valence-corrected chi connectivity index (χ2v) is 5.81. The Morgan fingerprint density at radius 2 is 2.00 bits per heavy atom. The minimum absolute atomic E-state index is 0.154. The van der Waals surface area contributed by atoms with Gasteiger partial charge in [-0.1, -0.05) is 31.9 Å². The Bertz CT molecular complexity index is 360. The van der Waals surface area contributed by atoms with Crippen LogP contribution in [-0.4, -0.2) is 12.6 Å². The first-order chi connectivity index (χ1) is 8.65. The van der Waals surface area contributed by atoms with Crippen LogP contribution >= 0.6 is 0 Å².